The zero-order valence-corrected chi connectivity index (χ0v) is 19.3. The Labute approximate surface area is 196 Å². The Morgan fingerprint density at radius 2 is 1.62 bits per heavy atom. The lowest BCUT2D eigenvalue weighted by Gasteiger charge is -2.35. The van der Waals surface area contributed by atoms with Crippen LogP contribution in [0, 0.1) is 0 Å². The molecule has 4 rings (SSSR count). The van der Waals surface area contributed by atoms with E-state index in [0.29, 0.717) is 5.69 Å². The molecule has 0 radical (unpaired) electrons. The van der Waals surface area contributed by atoms with Crippen molar-refractivity contribution < 1.29 is 18.0 Å². The van der Waals surface area contributed by atoms with E-state index in [-0.39, 0.29) is 71.5 Å². The number of benzene rings is 2. The van der Waals surface area contributed by atoms with Crippen molar-refractivity contribution in [2.75, 3.05) is 31.2 Å². The van der Waals surface area contributed by atoms with Gasteiger partial charge in [0.25, 0.3) is 5.91 Å². The van der Waals surface area contributed by atoms with Crippen LogP contribution in [0.25, 0.3) is 0 Å². The summed E-state index contributed by atoms with van der Waals surface area (Å²) in [5, 5.41) is 5.90. The van der Waals surface area contributed by atoms with Gasteiger partial charge in [0.05, 0.1) is 10.7 Å². The van der Waals surface area contributed by atoms with Gasteiger partial charge in [-0.05, 0) is 30.3 Å². The number of carbonyl (C=O) groups excluding carboxylic acids is 2. The van der Waals surface area contributed by atoms with Crippen molar-refractivity contribution in [3.63, 3.8) is 0 Å². The number of rotatable bonds is 4. The first kappa shape index (κ1) is 22.7. The van der Waals surface area contributed by atoms with Gasteiger partial charge in [0.15, 0.2) is 0 Å². The summed E-state index contributed by atoms with van der Waals surface area (Å²) in [5.74, 6) is -0.474. The number of piperazine rings is 1. The van der Waals surface area contributed by atoms with Gasteiger partial charge >= 0.3 is 0 Å². The summed E-state index contributed by atoms with van der Waals surface area (Å²) >= 11 is 12.0. The van der Waals surface area contributed by atoms with Gasteiger partial charge in [-0.1, -0.05) is 41.4 Å². The highest BCUT2D eigenvalue weighted by Crippen LogP contribution is 2.28. The molecule has 2 aliphatic rings. The van der Waals surface area contributed by atoms with Crippen molar-refractivity contribution in [3.8, 4) is 0 Å². The molecule has 11 heteroatoms. The molecule has 0 aliphatic carbocycles. The zero-order valence-electron chi connectivity index (χ0n) is 16.9. The second-order valence-electron chi connectivity index (χ2n) is 7.36. The van der Waals surface area contributed by atoms with Gasteiger partial charge in [-0.15, -0.1) is 0 Å². The van der Waals surface area contributed by atoms with E-state index in [1.807, 2.05) is 6.07 Å². The SMILES string of the molecule is O=C(C1=NN(c2ccccc2)C(=O)CC1)N1CCN(S(=O)(=O)c2cc(Cl)ccc2Cl)CC1. The molecule has 2 heterocycles. The minimum absolute atomic E-state index is 0.0554. The third kappa shape index (κ3) is 4.52. The number of amides is 2. The average molecular weight is 495 g/mol. The third-order valence-electron chi connectivity index (χ3n) is 5.32. The summed E-state index contributed by atoms with van der Waals surface area (Å²) in [6.07, 6.45) is 0.429. The normalized spacial score (nSPS) is 17.9. The van der Waals surface area contributed by atoms with E-state index in [0.717, 1.165) is 0 Å². The monoisotopic (exact) mass is 494 g/mol. The molecule has 2 amide bonds. The van der Waals surface area contributed by atoms with Crippen LogP contribution in [-0.2, 0) is 19.6 Å². The Kier molecular flexibility index (Phi) is 6.52. The van der Waals surface area contributed by atoms with Crippen LogP contribution >= 0.6 is 23.2 Å². The largest absolute Gasteiger partial charge is 0.335 e. The number of carbonyl (C=O) groups is 2. The van der Waals surface area contributed by atoms with Crippen molar-refractivity contribution in [3.05, 3.63) is 58.6 Å². The molecule has 0 spiro atoms. The van der Waals surface area contributed by atoms with E-state index < -0.39 is 10.0 Å². The highest BCUT2D eigenvalue weighted by Gasteiger charge is 2.34. The van der Waals surface area contributed by atoms with Crippen molar-refractivity contribution in [1.29, 1.82) is 0 Å². The number of hydrazone groups is 1. The van der Waals surface area contributed by atoms with Crippen LogP contribution in [0.4, 0.5) is 5.69 Å². The summed E-state index contributed by atoms with van der Waals surface area (Å²) in [7, 11) is -3.85. The Balaban J connectivity index is 1.47. The van der Waals surface area contributed by atoms with E-state index in [4.69, 9.17) is 23.2 Å². The Hall–Kier alpha value is -2.46. The molecule has 0 saturated carbocycles. The summed E-state index contributed by atoms with van der Waals surface area (Å²) in [6.45, 7) is 0.639. The van der Waals surface area contributed by atoms with Gasteiger partial charge in [0.2, 0.25) is 15.9 Å². The second kappa shape index (κ2) is 9.19. The van der Waals surface area contributed by atoms with Crippen LogP contribution in [0.2, 0.25) is 10.0 Å². The molecule has 1 fully saturated rings. The van der Waals surface area contributed by atoms with Crippen molar-refractivity contribution in [1.82, 2.24) is 9.21 Å². The first-order valence-electron chi connectivity index (χ1n) is 9.97. The number of halogens is 2. The summed E-state index contributed by atoms with van der Waals surface area (Å²) in [6, 6.07) is 13.2. The molecule has 0 atom stereocenters. The molecular formula is C21H20Cl2N4O4S. The molecule has 168 valence electrons. The number of nitrogens with zero attached hydrogens (tertiary/aromatic N) is 4. The van der Waals surface area contributed by atoms with Crippen LogP contribution in [0.15, 0.2) is 58.5 Å². The van der Waals surface area contributed by atoms with E-state index in [1.165, 1.54) is 27.5 Å². The predicted octanol–water partition coefficient (Wildman–Crippen LogP) is 3.01. The molecular weight excluding hydrogens is 475 g/mol. The highest BCUT2D eigenvalue weighted by molar-refractivity contribution is 7.89. The fourth-order valence-electron chi connectivity index (χ4n) is 3.61. The molecule has 1 saturated heterocycles. The molecule has 8 nitrogen and oxygen atoms in total. The summed E-state index contributed by atoms with van der Waals surface area (Å²) in [4.78, 5) is 26.8. The van der Waals surface area contributed by atoms with Crippen LogP contribution in [0.5, 0.6) is 0 Å². The average Bonchev–Trinajstić information content (AvgIpc) is 2.81. The number of para-hydroxylation sites is 1. The van der Waals surface area contributed by atoms with E-state index >= 15 is 0 Å². The lowest BCUT2D eigenvalue weighted by atomic mass is 10.1. The molecule has 2 aromatic rings. The van der Waals surface area contributed by atoms with Gasteiger partial charge < -0.3 is 4.90 Å². The van der Waals surface area contributed by atoms with E-state index in [1.54, 1.807) is 29.2 Å². The third-order valence-corrected chi connectivity index (χ3v) is 7.93. The summed E-state index contributed by atoms with van der Waals surface area (Å²) < 4.78 is 27.3. The van der Waals surface area contributed by atoms with Crippen molar-refractivity contribution in [2.24, 2.45) is 5.10 Å². The van der Waals surface area contributed by atoms with Crippen LogP contribution < -0.4 is 5.01 Å². The van der Waals surface area contributed by atoms with E-state index in [9.17, 15) is 18.0 Å². The topological polar surface area (TPSA) is 90.4 Å². The first-order chi connectivity index (χ1) is 15.3. The number of hydrogen-bond donors (Lipinski definition) is 0. The van der Waals surface area contributed by atoms with Crippen molar-refractivity contribution >= 4 is 56.4 Å². The van der Waals surface area contributed by atoms with Crippen molar-refractivity contribution in [2.45, 2.75) is 17.7 Å². The van der Waals surface area contributed by atoms with Gasteiger partial charge in [-0.2, -0.15) is 9.41 Å². The second-order valence-corrected chi connectivity index (χ2v) is 10.1. The van der Waals surface area contributed by atoms with Crippen LogP contribution in [-0.4, -0.2) is 61.3 Å². The van der Waals surface area contributed by atoms with Crippen LogP contribution in [0.3, 0.4) is 0 Å². The number of hydrogen-bond acceptors (Lipinski definition) is 5. The minimum atomic E-state index is -3.85. The molecule has 2 aromatic carbocycles. The van der Waals surface area contributed by atoms with Crippen LogP contribution in [0.1, 0.15) is 12.8 Å². The number of anilines is 1. The first-order valence-corrected chi connectivity index (χ1v) is 12.2. The molecule has 0 bridgehead atoms. The number of sulfonamides is 1. The maximum absolute atomic E-state index is 13.0. The molecule has 2 aliphatic heterocycles. The molecule has 0 N–H and O–H groups in total. The summed E-state index contributed by atoms with van der Waals surface area (Å²) in [5.41, 5.74) is 0.874. The highest BCUT2D eigenvalue weighted by atomic mass is 35.5. The predicted molar refractivity (Wildman–Crippen MR) is 122 cm³/mol. The molecule has 0 unspecified atom stereocenters. The molecule has 0 aromatic heterocycles. The maximum atomic E-state index is 13.0. The standard InChI is InChI=1S/C21H20Cl2N4O4S/c22-15-6-7-17(23)19(14-15)32(30,31)26-12-10-25(11-13-26)21(29)18-8-9-20(28)27(24-18)16-4-2-1-3-5-16/h1-7,14H,8-13H2. The zero-order chi connectivity index (χ0) is 22.9. The lowest BCUT2D eigenvalue weighted by molar-refractivity contribution is -0.125. The van der Waals surface area contributed by atoms with Gasteiger partial charge in [0.1, 0.15) is 10.6 Å². The Morgan fingerprint density at radius 1 is 0.938 bits per heavy atom. The fraction of sp³-hybridized carbons (Fsp3) is 0.286. The quantitative estimate of drug-likeness (QED) is 0.652. The minimum Gasteiger partial charge on any atom is -0.335 e. The molecule has 32 heavy (non-hydrogen) atoms. The van der Waals surface area contributed by atoms with E-state index in [2.05, 4.69) is 5.10 Å². The Morgan fingerprint density at radius 3 is 2.31 bits per heavy atom. The maximum Gasteiger partial charge on any atom is 0.270 e. The van der Waals surface area contributed by atoms with Gasteiger partial charge in [-0.25, -0.2) is 13.4 Å². The lowest BCUT2D eigenvalue weighted by Crippen LogP contribution is -2.52. The smallest absolute Gasteiger partial charge is 0.270 e. The van der Waals surface area contributed by atoms with Gasteiger partial charge in [-0.3, -0.25) is 9.59 Å². The van der Waals surface area contributed by atoms with Gasteiger partial charge in [0, 0.05) is 44.0 Å². The Bertz CT molecular complexity index is 1180. The fourth-order valence-corrected chi connectivity index (χ4v) is 5.77.